The minimum atomic E-state index is -3.63. The fraction of sp³-hybridized carbons (Fsp3) is 0.550. The van der Waals surface area contributed by atoms with Crippen LogP contribution in [0.4, 0.5) is 4.39 Å². The van der Waals surface area contributed by atoms with Crippen molar-refractivity contribution >= 4 is 10.0 Å². The van der Waals surface area contributed by atoms with E-state index in [4.69, 9.17) is 0 Å². The molecule has 27 heavy (non-hydrogen) atoms. The summed E-state index contributed by atoms with van der Waals surface area (Å²) >= 11 is 0. The number of benzene rings is 1. The van der Waals surface area contributed by atoms with E-state index in [-0.39, 0.29) is 17.8 Å². The molecule has 0 N–H and O–H groups in total. The van der Waals surface area contributed by atoms with Gasteiger partial charge in [-0.05, 0) is 64.2 Å². The van der Waals surface area contributed by atoms with Crippen LogP contribution in [0.15, 0.2) is 29.2 Å². The molecule has 1 fully saturated rings. The number of aromatic nitrogens is 2. The third kappa shape index (κ3) is 3.94. The highest BCUT2D eigenvalue weighted by molar-refractivity contribution is 7.89. The summed E-state index contributed by atoms with van der Waals surface area (Å²) in [5.74, 6) is -0.201. The first-order valence-corrected chi connectivity index (χ1v) is 11.0. The van der Waals surface area contributed by atoms with E-state index in [1.54, 1.807) is 28.0 Å². The van der Waals surface area contributed by atoms with Crippen LogP contribution in [0.5, 0.6) is 0 Å². The van der Waals surface area contributed by atoms with Gasteiger partial charge in [-0.2, -0.15) is 9.40 Å². The summed E-state index contributed by atoms with van der Waals surface area (Å²) < 4.78 is 43.6. The van der Waals surface area contributed by atoms with Crippen LogP contribution in [-0.2, 0) is 10.0 Å². The zero-order valence-electron chi connectivity index (χ0n) is 16.4. The van der Waals surface area contributed by atoms with Gasteiger partial charge in [-0.15, -0.1) is 0 Å². The van der Waals surface area contributed by atoms with Gasteiger partial charge in [0.1, 0.15) is 10.7 Å². The third-order valence-corrected chi connectivity index (χ3v) is 7.44. The van der Waals surface area contributed by atoms with E-state index >= 15 is 0 Å². The van der Waals surface area contributed by atoms with Crippen LogP contribution < -0.4 is 0 Å². The molecule has 0 radical (unpaired) electrons. The van der Waals surface area contributed by atoms with E-state index in [1.165, 1.54) is 12.1 Å². The van der Waals surface area contributed by atoms with Crippen molar-refractivity contribution in [2.75, 3.05) is 13.1 Å². The average Bonchev–Trinajstić information content (AvgIpc) is 2.78. The Morgan fingerprint density at radius 2 is 1.81 bits per heavy atom. The van der Waals surface area contributed by atoms with Crippen LogP contribution in [0.25, 0.3) is 0 Å². The standard InChI is InChI=1S/C20H28FN3O2S/c1-14(2)24-16(4)20(15(3)22-24)27(25,26)23-12-6-5-7-18(13-23)17-8-10-19(21)11-9-17/h8-11,14,18H,5-7,12-13H2,1-4H3/t18-/m0/s1. The Morgan fingerprint density at radius 1 is 1.15 bits per heavy atom. The predicted molar refractivity (Wildman–Crippen MR) is 104 cm³/mol. The Balaban J connectivity index is 1.95. The highest BCUT2D eigenvalue weighted by Crippen LogP contribution is 2.32. The third-order valence-electron chi connectivity index (χ3n) is 5.32. The maximum absolute atomic E-state index is 13.5. The second kappa shape index (κ2) is 7.72. The Bertz CT molecular complexity index is 904. The summed E-state index contributed by atoms with van der Waals surface area (Å²) in [7, 11) is -3.63. The monoisotopic (exact) mass is 393 g/mol. The smallest absolute Gasteiger partial charge is 0.246 e. The quantitative estimate of drug-likeness (QED) is 0.783. The van der Waals surface area contributed by atoms with E-state index in [0.29, 0.717) is 29.4 Å². The lowest BCUT2D eigenvalue weighted by atomic mass is 9.95. The molecular formula is C20H28FN3O2S. The molecule has 0 aliphatic carbocycles. The van der Waals surface area contributed by atoms with E-state index in [0.717, 1.165) is 24.8 Å². The van der Waals surface area contributed by atoms with Gasteiger partial charge >= 0.3 is 0 Å². The second-order valence-electron chi connectivity index (χ2n) is 7.65. The van der Waals surface area contributed by atoms with Gasteiger partial charge in [-0.25, -0.2) is 12.8 Å². The fourth-order valence-electron chi connectivity index (χ4n) is 3.99. The van der Waals surface area contributed by atoms with Crippen LogP contribution in [0.2, 0.25) is 0 Å². The number of hydrogen-bond donors (Lipinski definition) is 0. The number of rotatable bonds is 4. The summed E-state index contributed by atoms with van der Waals surface area (Å²) in [5, 5.41) is 4.45. The molecule has 3 rings (SSSR count). The van der Waals surface area contributed by atoms with Crippen LogP contribution in [-0.4, -0.2) is 35.6 Å². The number of sulfonamides is 1. The van der Waals surface area contributed by atoms with Gasteiger partial charge in [0.25, 0.3) is 0 Å². The normalized spacial score (nSPS) is 19.4. The lowest BCUT2D eigenvalue weighted by molar-refractivity contribution is 0.405. The molecule has 1 atom stereocenters. The van der Waals surface area contributed by atoms with Crippen molar-refractivity contribution in [3.63, 3.8) is 0 Å². The first kappa shape index (κ1) is 20.0. The summed E-state index contributed by atoms with van der Waals surface area (Å²) in [6.45, 7) is 8.49. The molecule has 1 aromatic heterocycles. The maximum atomic E-state index is 13.5. The number of hydrogen-bond acceptors (Lipinski definition) is 3. The van der Waals surface area contributed by atoms with Gasteiger partial charge in [-0.1, -0.05) is 18.6 Å². The molecule has 2 aromatic rings. The first-order valence-electron chi connectivity index (χ1n) is 9.53. The average molecular weight is 394 g/mol. The Labute approximate surface area is 161 Å². The van der Waals surface area contributed by atoms with Crippen LogP contribution >= 0.6 is 0 Å². The second-order valence-corrected chi connectivity index (χ2v) is 9.52. The molecule has 1 aliphatic heterocycles. The SMILES string of the molecule is Cc1nn(C(C)C)c(C)c1S(=O)(=O)N1CCCC[C@H](c2ccc(F)cc2)C1. The summed E-state index contributed by atoms with van der Waals surface area (Å²) in [6, 6.07) is 6.52. The predicted octanol–water partition coefficient (Wildman–Crippen LogP) is 4.18. The van der Waals surface area contributed by atoms with E-state index in [1.807, 2.05) is 20.8 Å². The minimum Gasteiger partial charge on any atom is -0.266 e. The van der Waals surface area contributed by atoms with Crippen molar-refractivity contribution in [3.05, 3.63) is 47.0 Å². The number of halogens is 1. The molecule has 0 unspecified atom stereocenters. The molecule has 1 aromatic carbocycles. The van der Waals surface area contributed by atoms with Gasteiger partial charge in [0.05, 0.1) is 11.4 Å². The highest BCUT2D eigenvalue weighted by atomic mass is 32.2. The highest BCUT2D eigenvalue weighted by Gasteiger charge is 2.34. The molecule has 1 saturated heterocycles. The molecule has 5 nitrogen and oxygen atoms in total. The molecule has 148 valence electrons. The van der Waals surface area contributed by atoms with Gasteiger partial charge in [-0.3, -0.25) is 4.68 Å². The van der Waals surface area contributed by atoms with E-state index in [9.17, 15) is 12.8 Å². The van der Waals surface area contributed by atoms with Gasteiger partial charge in [0, 0.05) is 19.1 Å². The molecule has 2 heterocycles. The van der Waals surface area contributed by atoms with Crippen molar-refractivity contribution in [1.82, 2.24) is 14.1 Å². The molecule has 0 bridgehead atoms. The number of nitrogens with zero attached hydrogens (tertiary/aromatic N) is 3. The van der Waals surface area contributed by atoms with Gasteiger partial charge in [0.15, 0.2) is 0 Å². The van der Waals surface area contributed by atoms with E-state index < -0.39 is 10.0 Å². The maximum Gasteiger partial charge on any atom is 0.246 e. The zero-order chi connectivity index (χ0) is 19.8. The van der Waals surface area contributed by atoms with Crippen molar-refractivity contribution in [2.24, 2.45) is 0 Å². The van der Waals surface area contributed by atoms with E-state index in [2.05, 4.69) is 5.10 Å². The van der Waals surface area contributed by atoms with Crippen molar-refractivity contribution < 1.29 is 12.8 Å². The molecule has 1 aliphatic rings. The lowest BCUT2D eigenvalue weighted by Crippen LogP contribution is -2.34. The molecule has 0 saturated carbocycles. The topological polar surface area (TPSA) is 55.2 Å². The largest absolute Gasteiger partial charge is 0.266 e. The molecule has 7 heteroatoms. The van der Waals surface area contributed by atoms with Crippen molar-refractivity contribution in [2.45, 2.75) is 63.8 Å². The lowest BCUT2D eigenvalue weighted by Gasteiger charge is -2.24. The molecular weight excluding hydrogens is 365 g/mol. The summed E-state index contributed by atoms with van der Waals surface area (Å²) in [4.78, 5) is 0.330. The van der Waals surface area contributed by atoms with Gasteiger partial charge < -0.3 is 0 Å². The Hall–Kier alpha value is -1.73. The molecule has 0 amide bonds. The zero-order valence-corrected chi connectivity index (χ0v) is 17.3. The molecule has 0 spiro atoms. The number of aryl methyl sites for hydroxylation is 1. The van der Waals surface area contributed by atoms with Gasteiger partial charge in [0.2, 0.25) is 10.0 Å². The van der Waals surface area contributed by atoms with Crippen LogP contribution in [0.3, 0.4) is 0 Å². The van der Waals surface area contributed by atoms with Crippen molar-refractivity contribution in [3.8, 4) is 0 Å². The Morgan fingerprint density at radius 3 is 2.41 bits per heavy atom. The summed E-state index contributed by atoms with van der Waals surface area (Å²) in [5.41, 5.74) is 2.22. The van der Waals surface area contributed by atoms with Crippen LogP contribution in [0, 0.1) is 19.7 Å². The fourth-order valence-corrected chi connectivity index (χ4v) is 5.87. The van der Waals surface area contributed by atoms with Crippen LogP contribution in [0.1, 0.15) is 62.0 Å². The Kier molecular flexibility index (Phi) is 5.72. The first-order chi connectivity index (χ1) is 12.7. The minimum absolute atomic E-state index is 0.0728. The van der Waals surface area contributed by atoms with Crippen molar-refractivity contribution in [1.29, 1.82) is 0 Å². The summed E-state index contributed by atoms with van der Waals surface area (Å²) in [6.07, 6.45) is 2.69.